The van der Waals surface area contributed by atoms with Crippen molar-refractivity contribution in [1.29, 1.82) is 0 Å². The molecular formula is C15H23N3O4S2. The lowest BCUT2D eigenvalue weighted by Gasteiger charge is -2.25. The summed E-state index contributed by atoms with van der Waals surface area (Å²) in [5.41, 5.74) is 0. The van der Waals surface area contributed by atoms with Crippen LogP contribution < -0.4 is 5.32 Å². The Balaban J connectivity index is 2.02. The number of nitrogens with zero attached hydrogens (tertiary/aromatic N) is 2. The molecule has 0 spiro atoms. The zero-order valence-corrected chi connectivity index (χ0v) is 15.5. The van der Waals surface area contributed by atoms with Crippen LogP contribution in [0.25, 0.3) is 0 Å². The van der Waals surface area contributed by atoms with Crippen molar-refractivity contribution >= 4 is 20.0 Å². The molecule has 24 heavy (non-hydrogen) atoms. The van der Waals surface area contributed by atoms with E-state index in [0.29, 0.717) is 19.1 Å². The minimum atomic E-state index is -3.87. The Bertz CT molecular complexity index is 821. The zero-order chi connectivity index (χ0) is 17.5. The van der Waals surface area contributed by atoms with Crippen LogP contribution in [-0.4, -0.2) is 64.7 Å². The smallest absolute Gasteiger partial charge is 0.244 e. The van der Waals surface area contributed by atoms with E-state index in [2.05, 4.69) is 5.32 Å². The lowest BCUT2D eigenvalue weighted by molar-refractivity contribution is 0.382. The van der Waals surface area contributed by atoms with Gasteiger partial charge in [-0.2, -0.15) is 4.31 Å². The van der Waals surface area contributed by atoms with E-state index in [9.17, 15) is 16.8 Å². The van der Waals surface area contributed by atoms with Gasteiger partial charge >= 0.3 is 0 Å². The summed E-state index contributed by atoms with van der Waals surface area (Å²) >= 11 is 0. The van der Waals surface area contributed by atoms with Gasteiger partial charge in [-0.1, -0.05) is 12.1 Å². The van der Waals surface area contributed by atoms with Crippen LogP contribution in [0.15, 0.2) is 34.1 Å². The Kier molecular flexibility index (Phi) is 4.73. The van der Waals surface area contributed by atoms with Crippen molar-refractivity contribution in [3.05, 3.63) is 24.3 Å². The number of rotatable bonds is 4. The Morgan fingerprint density at radius 3 is 2.29 bits per heavy atom. The third-order valence-corrected chi connectivity index (χ3v) is 8.64. The van der Waals surface area contributed by atoms with Gasteiger partial charge in [-0.05, 0) is 31.4 Å². The van der Waals surface area contributed by atoms with E-state index in [1.54, 1.807) is 12.1 Å². The minimum Gasteiger partial charge on any atom is -0.310 e. The maximum Gasteiger partial charge on any atom is 0.244 e. The van der Waals surface area contributed by atoms with Crippen molar-refractivity contribution in [2.75, 3.05) is 27.2 Å². The highest BCUT2D eigenvalue weighted by molar-refractivity contribution is 7.92. The average molecular weight is 374 g/mol. The first-order chi connectivity index (χ1) is 11.2. The molecular weight excluding hydrogens is 350 g/mol. The second kappa shape index (κ2) is 6.38. The molecule has 2 saturated heterocycles. The molecule has 1 aromatic carbocycles. The van der Waals surface area contributed by atoms with Crippen molar-refractivity contribution in [2.45, 2.75) is 41.1 Å². The summed E-state index contributed by atoms with van der Waals surface area (Å²) in [6.45, 7) is 0.794. The first kappa shape index (κ1) is 17.8. The molecule has 0 amide bonds. The molecule has 2 aliphatic heterocycles. The van der Waals surface area contributed by atoms with Gasteiger partial charge in [0.05, 0.1) is 0 Å². The van der Waals surface area contributed by atoms with Crippen LogP contribution in [0.3, 0.4) is 0 Å². The van der Waals surface area contributed by atoms with Gasteiger partial charge in [0.2, 0.25) is 20.0 Å². The van der Waals surface area contributed by atoms with Crippen LogP contribution in [0.5, 0.6) is 0 Å². The topological polar surface area (TPSA) is 86.8 Å². The molecule has 2 bridgehead atoms. The van der Waals surface area contributed by atoms with E-state index in [-0.39, 0.29) is 15.8 Å². The molecule has 9 heteroatoms. The van der Waals surface area contributed by atoms with Gasteiger partial charge in [-0.3, -0.25) is 0 Å². The van der Waals surface area contributed by atoms with E-state index in [1.807, 2.05) is 0 Å². The van der Waals surface area contributed by atoms with Crippen molar-refractivity contribution in [1.82, 2.24) is 13.9 Å². The van der Waals surface area contributed by atoms with E-state index in [0.717, 1.165) is 23.6 Å². The SMILES string of the molecule is CN(C)S(=O)(=O)c1ccccc1S(=O)(=O)N1CCC2CCC(C1)N2. The third kappa shape index (κ3) is 3.11. The molecule has 1 aromatic rings. The molecule has 0 saturated carbocycles. The molecule has 2 aliphatic rings. The average Bonchev–Trinajstić information content (AvgIpc) is 2.85. The lowest BCUT2D eigenvalue weighted by atomic mass is 10.1. The summed E-state index contributed by atoms with van der Waals surface area (Å²) in [6, 6.07) is 6.33. The second-order valence-corrected chi connectivity index (χ2v) is 10.6. The summed E-state index contributed by atoms with van der Waals surface area (Å²) < 4.78 is 53.7. The van der Waals surface area contributed by atoms with Crippen LogP contribution in [0, 0.1) is 0 Å². The first-order valence-corrected chi connectivity index (χ1v) is 10.9. The molecule has 0 aliphatic carbocycles. The van der Waals surface area contributed by atoms with Gasteiger partial charge in [0.25, 0.3) is 0 Å². The molecule has 0 aromatic heterocycles. The standard InChI is InChI=1S/C15H23N3O4S2/c1-17(2)23(19,20)14-5-3-4-6-15(14)24(21,22)18-10-9-12-7-8-13(11-18)16-12/h3-6,12-13,16H,7-11H2,1-2H3. The molecule has 0 radical (unpaired) electrons. The monoisotopic (exact) mass is 373 g/mol. The van der Waals surface area contributed by atoms with Crippen LogP contribution >= 0.6 is 0 Å². The van der Waals surface area contributed by atoms with E-state index < -0.39 is 20.0 Å². The predicted octanol–water partition coefficient (Wildman–Crippen LogP) is 0.452. The molecule has 2 fully saturated rings. The molecule has 2 heterocycles. The summed E-state index contributed by atoms with van der Waals surface area (Å²) in [4.78, 5) is -0.311. The van der Waals surface area contributed by atoms with E-state index >= 15 is 0 Å². The lowest BCUT2D eigenvalue weighted by Crippen LogP contribution is -2.39. The normalized spacial score (nSPS) is 25.8. The van der Waals surface area contributed by atoms with Crippen LogP contribution in [-0.2, 0) is 20.0 Å². The Morgan fingerprint density at radius 2 is 1.62 bits per heavy atom. The van der Waals surface area contributed by atoms with Gasteiger partial charge in [-0.25, -0.2) is 21.1 Å². The van der Waals surface area contributed by atoms with Crippen molar-refractivity contribution in [3.8, 4) is 0 Å². The molecule has 1 N–H and O–H groups in total. The van der Waals surface area contributed by atoms with Crippen LogP contribution in [0.4, 0.5) is 0 Å². The van der Waals surface area contributed by atoms with Gasteiger partial charge < -0.3 is 5.32 Å². The van der Waals surface area contributed by atoms with Crippen LogP contribution in [0.1, 0.15) is 19.3 Å². The summed E-state index contributed by atoms with van der Waals surface area (Å²) in [6.07, 6.45) is 2.77. The Hall–Kier alpha value is -1.00. The van der Waals surface area contributed by atoms with Crippen molar-refractivity contribution in [3.63, 3.8) is 0 Å². The van der Waals surface area contributed by atoms with Crippen LogP contribution in [0.2, 0.25) is 0 Å². The quantitative estimate of drug-likeness (QED) is 0.828. The number of nitrogens with one attached hydrogen (secondary N) is 1. The van der Waals surface area contributed by atoms with Gasteiger partial charge in [-0.15, -0.1) is 0 Å². The number of fused-ring (bicyclic) bond motifs is 2. The number of hydrogen-bond donors (Lipinski definition) is 1. The van der Waals surface area contributed by atoms with Gasteiger partial charge in [0.1, 0.15) is 9.79 Å². The number of sulfonamides is 2. The highest BCUT2D eigenvalue weighted by Crippen LogP contribution is 2.29. The van der Waals surface area contributed by atoms with Crippen molar-refractivity contribution < 1.29 is 16.8 Å². The minimum absolute atomic E-state index is 0.142. The first-order valence-electron chi connectivity index (χ1n) is 8.00. The summed E-state index contributed by atoms with van der Waals surface area (Å²) in [5.74, 6) is 0. The van der Waals surface area contributed by atoms with Gasteiger partial charge in [0.15, 0.2) is 0 Å². The molecule has 2 unspecified atom stereocenters. The van der Waals surface area contributed by atoms with Gasteiger partial charge in [0, 0.05) is 39.3 Å². The highest BCUT2D eigenvalue weighted by Gasteiger charge is 2.37. The Morgan fingerprint density at radius 1 is 1.00 bits per heavy atom. The molecule has 2 atom stereocenters. The fourth-order valence-electron chi connectivity index (χ4n) is 3.34. The summed E-state index contributed by atoms with van der Waals surface area (Å²) in [7, 11) is -4.91. The predicted molar refractivity (Wildman–Crippen MR) is 90.6 cm³/mol. The molecule has 134 valence electrons. The largest absolute Gasteiger partial charge is 0.310 e. The Labute approximate surface area is 143 Å². The maximum atomic E-state index is 13.1. The number of hydrogen-bond acceptors (Lipinski definition) is 5. The fraction of sp³-hybridized carbons (Fsp3) is 0.600. The number of benzene rings is 1. The second-order valence-electron chi connectivity index (χ2n) is 6.52. The summed E-state index contributed by atoms with van der Waals surface area (Å²) in [5, 5.41) is 3.44. The molecule has 7 nitrogen and oxygen atoms in total. The van der Waals surface area contributed by atoms with E-state index in [1.165, 1.54) is 30.5 Å². The third-order valence-electron chi connectivity index (χ3n) is 4.71. The zero-order valence-electron chi connectivity index (χ0n) is 13.8. The van der Waals surface area contributed by atoms with E-state index in [4.69, 9.17) is 0 Å². The fourth-order valence-corrected chi connectivity index (χ4v) is 6.51. The highest BCUT2D eigenvalue weighted by atomic mass is 32.2. The molecule has 3 rings (SSSR count). The van der Waals surface area contributed by atoms with Crippen molar-refractivity contribution in [2.24, 2.45) is 0 Å². The maximum absolute atomic E-state index is 13.1.